The fourth-order valence-corrected chi connectivity index (χ4v) is 1.16. The van der Waals surface area contributed by atoms with Crippen molar-refractivity contribution in [2.24, 2.45) is 11.0 Å². The summed E-state index contributed by atoms with van der Waals surface area (Å²) >= 11 is 1.44. The predicted molar refractivity (Wildman–Crippen MR) is 51.2 cm³/mol. The number of rotatable bonds is 6. The van der Waals surface area contributed by atoms with Gasteiger partial charge in [-0.15, -0.1) is 0 Å². The maximum absolute atomic E-state index is 11.1. The number of aldehydes is 1. The Bertz CT molecular complexity index is 266. The maximum atomic E-state index is 11.1. The molecule has 0 rings (SSSR count). The molecule has 14 heavy (non-hydrogen) atoms. The van der Waals surface area contributed by atoms with Gasteiger partial charge < -0.3 is 15.4 Å². The van der Waals surface area contributed by atoms with Crippen molar-refractivity contribution in [3.63, 3.8) is 0 Å². The van der Waals surface area contributed by atoms with Crippen LogP contribution in [0.5, 0.6) is 0 Å². The third-order valence-electron chi connectivity index (χ3n) is 1.47. The van der Waals surface area contributed by atoms with E-state index in [1.807, 2.05) is 6.26 Å². The Kier molecular flexibility index (Phi) is 5.70. The highest BCUT2D eigenvalue weighted by Gasteiger charge is 2.35. The van der Waals surface area contributed by atoms with Crippen LogP contribution in [0.2, 0.25) is 0 Å². The average molecular weight is 218 g/mol. The number of nitrogens with two attached hydrogens (primary N) is 1. The highest BCUT2D eigenvalue weighted by molar-refractivity contribution is 7.98. The van der Waals surface area contributed by atoms with Gasteiger partial charge in [-0.05, 0) is 24.0 Å². The molecule has 0 amide bonds. The minimum Gasteiger partial charge on any atom is -0.357 e. The Labute approximate surface area is 84.6 Å². The molecule has 0 aromatic rings. The summed E-state index contributed by atoms with van der Waals surface area (Å²) in [5.74, 6) is -0.514. The first-order chi connectivity index (χ1) is 6.60. The van der Waals surface area contributed by atoms with Crippen LogP contribution < -0.4 is 5.73 Å². The lowest BCUT2D eigenvalue weighted by Gasteiger charge is -2.17. The van der Waals surface area contributed by atoms with E-state index in [1.54, 1.807) is 0 Å². The van der Waals surface area contributed by atoms with Crippen LogP contribution in [0.3, 0.4) is 0 Å². The van der Waals surface area contributed by atoms with Crippen LogP contribution in [0.4, 0.5) is 0 Å². The second-order valence-corrected chi connectivity index (χ2v) is 3.44. The van der Waals surface area contributed by atoms with Crippen LogP contribution in [-0.2, 0) is 14.4 Å². The molecule has 8 heteroatoms. The number of azide groups is 1. The molecule has 0 saturated carbocycles. The van der Waals surface area contributed by atoms with Gasteiger partial charge in [0.1, 0.15) is 5.28 Å². The molecule has 0 radical (unpaired) electrons. The average Bonchev–Trinajstić information content (AvgIpc) is 2.22. The Morgan fingerprint density at radius 1 is 1.86 bits per heavy atom. The van der Waals surface area contributed by atoms with E-state index in [4.69, 9.17) is 11.3 Å². The monoisotopic (exact) mass is 218 g/mol. The van der Waals surface area contributed by atoms with Crippen LogP contribution in [0, 0.1) is 0 Å². The van der Waals surface area contributed by atoms with Crippen molar-refractivity contribution in [1.29, 1.82) is 0 Å². The van der Waals surface area contributed by atoms with Gasteiger partial charge >= 0.3 is 5.97 Å². The molecule has 0 bridgehead atoms. The van der Waals surface area contributed by atoms with Gasteiger partial charge in [-0.25, -0.2) is 4.79 Å². The molecule has 1 atom stereocenters. The molecule has 7 nitrogen and oxygen atoms in total. The topological polar surface area (TPSA) is 118 Å². The van der Waals surface area contributed by atoms with Gasteiger partial charge in [-0.1, -0.05) is 0 Å². The highest BCUT2D eigenvalue weighted by Crippen LogP contribution is 2.10. The molecule has 0 aliphatic heterocycles. The first-order valence-corrected chi connectivity index (χ1v) is 5.00. The normalized spacial score (nSPS) is 13.6. The summed E-state index contributed by atoms with van der Waals surface area (Å²) in [6.07, 6.45) is 2.24. The standard InChI is InChI=1S/C6H10N4O3S/c1-14-3-2-6(7,4-11)5(12)13-10-9-8/h4H,2-3,7H2,1H3. The van der Waals surface area contributed by atoms with Crippen molar-refractivity contribution in [1.82, 2.24) is 0 Å². The Hall–Kier alpha value is -1.24. The van der Waals surface area contributed by atoms with E-state index in [-0.39, 0.29) is 6.42 Å². The second-order valence-electron chi connectivity index (χ2n) is 2.45. The van der Waals surface area contributed by atoms with Crippen molar-refractivity contribution in [2.75, 3.05) is 12.0 Å². The molecular weight excluding hydrogens is 208 g/mol. The summed E-state index contributed by atoms with van der Waals surface area (Å²) < 4.78 is 0. The zero-order valence-electron chi connectivity index (χ0n) is 7.54. The Morgan fingerprint density at radius 3 is 2.93 bits per heavy atom. The number of carbonyl (C=O) groups excluding carboxylic acids is 2. The summed E-state index contributed by atoms with van der Waals surface area (Å²) in [7, 11) is 0. The van der Waals surface area contributed by atoms with E-state index in [2.05, 4.69) is 15.0 Å². The second kappa shape index (κ2) is 6.25. The summed E-state index contributed by atoms with van der Waals surface area (Å²) in [6, 6.07) is 0. The Morgan fingerprint density at radius 2 is 2.50 bits per heavy atom. The predicted octanol–water partition coefficient (Wildman–Crippen LogP) is 0.404. The van der Waals surface area contributed by atoms with E-state index in [1.165, 1.54) is 11.8 Å². The van der Waals surface area contributed by atoms with Crippen LogP contribution in [0.25, 0.3) is 10.4 Å². The van der Waals surface area contributed by atoms with Crippen molar-refractivity contribution in [2.45, 2.75) is 12.0 Å². The van der Waals surface area contributed by atoms with E-state index in [9.17, 15) is 9.59 Å². The summed E-state index contributed by atoms with van der Waals surface area (Å²) in [5.41, 5.74) is 11.6. The Balaban J connectivity index is 4.41. The van der Waals surface area contributed by atoms with E-state index < -0.39 is 11.5 Å². The van der Waals surface area contributed by atoms with Gasteiger partial charge in [0.05, 0.1) is 0 Å². The van der Waals surface area contributed by atoms with Crippen LogP contribution in [0.1, 0.15) is 6.42 Å². The number of carbonyl (C=O) groups is 2. The molecule has 0 aliphatic carbocycles. The smallest absolute Gasteiger partial charge is 0.345 e. The molecule has 1 unspecified atom stereocenters. The molecule has 2 N–H and O–H groups in total. The third-order valence-corrected chi connectivity index (χ3v) is 2.08. The minimum atomic E-state index is -1.72. The molecule has 0 aromatic heterocycles. The fourth-order valence-electron chi connectivity index (χ4n) is 0.620. The van der Waals surface area contributed by atoms with Gasteiger partial charge in [0, 0.05) is 4.91 Å². The molecule has 0 aliphatic rings. The van der Waals surface area contributed by atoms with Gasteiger partial charge in [-0.3, -0.25) is 0 Å². The maximum Gasteiger partial charge on any atom is 0.345 e. The minimum absolute atomic E-state index is 0.136. The molecular formula is C6H10N4O3S. The third kappa shape index (κ3) is 3.65. The lowest BCUT2D eigenvalue weighted by atomic mass is 10.0. The number of nitrogens with zero attached hydrogens (tertiary/aromatic N) is 3. The molecule has 0 spiro atoms. The van der Waals surface area contributed by atoms with Crippen LogP contribution in [-0.4, -0.2) is 29.8 Å². The number of thioether (sulfide) groups is 1. The van der Waals surface area contributed by atoms with Gasteiger partial charge in [0.2, 0.25) is 0 Å². The van der Waals surface area contributed by atoms with E-state index >= 15 is 0 Å². The lowest BCUT2D eigenvalue weighted by molar-refractivity contribution is -0.151. The molecule has 0 aromatic carbocycles. The van der Waals surface area contributed by atoms with E-state index in [0.717, 1.165) is 0 Å². The zero-order chi connectivity index (χ0) is 11.0. The summed E-state index contributed by atoms with van der Waals surface area (Å²) in [6.45, 7) is 0. The van der Waals surface area contributed by atoms with Gasteiger partial charge in [-0.2, -0.15) is 11.8 Å². The van der Waals surface area contributed by atoms with Gasteiger partial charge in [0.25, 0.3) is 0 Å². The van der Waals surface area contributed by atoms with E-state index in [0.29, 0.717) is 12.0 Å². The largest absolute Gasteiger partial charge is 0.357 e. The summed E-state index contributed by atoms with van der Waals surface area (Å²) in [5, 5.41) is 2.58. The lowest BCUT2D eigenvalue weighted by Crippen LogP contribution is -2.50. The first kappa shape index (κ1) is 12.8. The molecule has 0 fully saturated rings. The number of hydrogen-bond acceptors (Lipinski definition) is 6. The SMILES string of the molecule is CSCCC(N)(C=O)C(=O)ON=[N+]=[N-]. The van der Waals surface area contributed by atoms with Crippen molar-refractivity contribution < 1.29 is 14.4 Å². The molecule has 78 valence electrons. The van der Waals surface area contributed by atoms with Crippen molar-refractivity contribution >= 4 is 24.0 Å². The van der Waals surface area contributed by atoms with Crippen LogP contribution >= 0.6 is 11.8 Å². The van der Waals surface area contributed by atoms with Crippen molar-refractivity contribution in [3.8, 4) is 0 Å². The summed E-state index contributed by atoms with van der Waals surface area (Å²) in [4.78, 5) is 27.9. The first-order valence-electron chi connectivity index (χ1n) is 3.60. The number of hydrogen-bond donors (Lipinski definition) is 1. The molecule has 0 saturated heterocycles. The van der Waals surface area contributed by atoms with Crippen molar-refractivity contribution in [3.05, 3.63) is 10.4 Å². The fraction of sp³-hybridized carbons (Fsp3) is 0.667. The quantitative estimate of drug-likeness (QED) is 0.173. The highest BCUT2D eigenvalue weighted by atomic mass is 32.2. The zero-order valence-corrected chi connectivity index (χ0v) is 8.36. The molecule has 0 heterocycles. The van der Waals surface area contributed by atoms with Crippen LogP contribution in [0.15, 0.2) is 5.28 Å². The van der Waals surface area contributed by atoms with Gasteiger partial charge in [0.15, 0.2) is 11.8 Å².